The second-order valence-corrected chi connectivity index (χ2v) is 4.00. The Morgan fingerprint density at radius 2 is 1.95 bits per heavy atom. The van der Waals surface area contributed by atoms with Crippen LogP contribution in [0.4, 0.5) is 19.0 Å². The van der Waals surface area contributed by atoms with E-state index in [1.165, 1.54) is 24.4 Å². The van der Waals surface area contributed by atoms with Crippen LogP contribution in [0.15, 0.2) is 36.5 Å². The third-order valence-electron chi connectivity index (χ3n) is 2.69. The van der Waals surface area contributed by atoms with E-state index in [1.807, 2.05) is 0 Å². The third kappa shape index (κ3) is 2.56. The highest BCUT2D eigenvalue weighted by Gasteiger charge is 2.31. The molecule has 0 aliphatic carbocycles. The highest BCUT2D eigenvalue weighted by Crippen LogP contribution is 2.34. The molecule has 0 amide bonds. The molecule has 0 radical (unpaired) electrons. The Hall–Kier alpha value is -2.57. The minimum atomic E-state index is -4.52. The fourth-order valence-corrected chi connectivity index (χ4v) is 1.81. The molecule has 2 rings (SSSR count). The van der Waals surface area contributed by atoms with Gasteiger partial charge in [-0.2, -0.15) is 13.2 Å². The molecule has 0 fully saturated rings. The Bertz CT molecular complexity index is 669. The molecule has 1 aromatic carbocycles. The number of carbonyl (C=O) groups is 1. The van der Waals surface area contributed by atoms with Crippen molar-refractivity contribution in [3.05, 3.63) is 47.7 Å². The van der Waals surface area contributed by atoms with Crippen LogP contribution in [0.1, 0.15) is 15.9 Å². The molecule has 0 unspecified atom stereocenters. The fraction of sp³-hybridized carbons (Fsp3) is 0.0769. The minimum absolute atomic E-state index is 0.0221. The van der Waals surface area contributed by atoms with Gasteiger partial charge in [-0.25, -0.2) is 9.78 Å². The van der Waals surface area contributed by atoms with Crippen molar-refractivity contribution >= 4 is 11.8 Å². The molecule has 0 saturated heterocycles. The van der Waals surface area contributed by atoms with Gasteiger partial charge in [-0.3, -0.25) is 0 Å². The van der Waals surface area contributed by atoms with E-state index >= 15 is 0 Å². The Kier molecular flexibility index (Phi) is 3.35. The number of carboxylic acid groups (broad SMARTS) is 1. The van der Waals surface area contributed by atoms with Crippen LogP contribution in [0.2, 0.25) is 0 Å². The number of hydrogen-bond donors (Lipinski definition) is 2. The van der Waals surface area contributed by atoms with Crippen LogP contribution >= 0.6 is 0 Å². The Morgan fingerprint density at radius 1 is 1.25 bits per heavy atom. The van der Waals surface area contributed by atoms with Gasteiger partial charge in [0.2, 0.25) is 0 Å². The van der Waals surface area contributed by atoms with Gasteiger partial charge in [0.1, 0.15) is 5.82 Å². The fourth-order valence-electron chi connectivity index (χ4n) is 1.81. The van der Waals surface area contributed by atoms with Crippen molar-refractivity contribution in [1.29, 1.82) is 0 Å². The largest absolute Gasteiger partial charge is 0.478 e. The van der Waals surface area contributed by atoms with Gasteiger partial charge in [-0.15, -0.1) is 0 Å². The molecule has 0 spiro atoms. The average Bonchev–Trinajstić information content (AvgIpc) is 2.37. The van der Waals surface area contributed by atoms with Crippen LogP contribution < -0.4 is 5.73 Å². The molecule has 0 saturated carbocycles. The Labute approximate surface area is 111 Å². The SMILES string of the molecule is Nc1nccc(C(=O)O)c1-c1cccc(C(F)(F)F)c1. The van der Waals surface area contributed by atoms with Crippen LogP contribution in [-0.4, -0.2) is 16.1 Å². The van der Waals surface area contributed by atoms with Gasteiger partial charge in [0.15, 0.2) is 0 Å². The first-order chi connectivity index (χ1) is 9.30. The number of hydrogen-bond acceptors (Lipinski definition) is 3. The zero-order valence-electron chi connectivity index (χ0n) is 9.98. The van der Waals surface area contributed by atoms with E-state index < -0.39 is 17.7 Å². The predicted molar refractivity (Wildman–Crippen MR) is 66.0 cm³/mol. The first kappa shape index (κ1) is 13.9. The van der Waals surface area contributed by atoms with E-state index in [9.17, 15) is 18.0 Å². The molecule has 0 bridgehead atoms. The van der Waals surface area contributed by atoms with Crippen molar-refractivity contribution in [2.75, 3.05) is 5.73 Å². The monoisotopic (exact) mass is 282 g/mol. The van der Waals surface area contributed by atoms with Gasteiger partial charge in [-0.05, 0) is 23.8 Å². The number of aromatic carboxylic acids is 1. The van der Waals surface area contributed by atoms with Crippen molar-refractivity contribution in [3.8, 4) is 11.1 Å². The maximum absolute atomic E-state index is 12.7. The van der Waals surface area contributed by atoms with Crippen molar-refractivity contribution < 1.29 is 23.1 Å². The molecule has 2 aromatic rings. The summed E-state index contributed by atoms with van der Waals surface area (Å²) in [6.07, 6.45) is -3.33. The van der Waals surface area contributed by atoms with Crippen molar-refractivity contribution in [1.82, 2.24) is 4.98 Å². The molecule has 1 heterocycles. The second-order valence-electron chi connectivity index (χ2n) is 4.00. The van der Waals surface area contributed by atoms with Gasteiger partial charge in [-0.1, -0.05) is 12.1 Å². The summed E-state index contributed by atoms with van der Waals surface area (Å²) in [6, 6.07) is 5.48. The summed E-state index contributed by atoms with van der Waals surface area (Å²) in [5, 5.41) is 9.08. The standard InChI is InChI=1S/C13H9F3N2O2/c14-13(15,16)8-3-1-2-7(6-8)10-9(12(19)20)4-5-18-11(10)17/h1-6H,(H2,17,18)(H,19,20). The number of alkyl halides is 3. The number of rotatable bonds is 2. The smallest absolute Gasteiger partial charge is 0.416 e. The molecule has 0 aliphatic heterocycles. The number of halogens is 3. The normalized spacial score (nSPS) is 11.3. The summed E-state index contributed by atoms with van der Waals surface area (Å²) in [6.45, 7) is 0. The number of benzene rings is 1. The predicted octanol–water partition coefficient (Wildman–Crippen LogP) is 3.05. The van der Waals surface area contributed by atoms with Gasteiger partial charge in [0.25, 0.3) is 0 Å². The third-order valence-corrected chi connectivity index (χ3v) is 2.69. The number of carboxylic acids is 1. The number of anilines is 1. The van der Waals surface area contributed by atoms with Gasteiger partial charge < -0.3 is 10.8 Å². The molecule has 104 valence electrons. The number of nitrogens with two attached hydrogens (primary N) is 1. The number of aromatic nitrogens is 1. The highest BCUT2D eigenvalue weighted by atomic mass is 19.4. The lowest BCUT2D eigenvalue weighted by Gasteiger charge is -2.12. The summed E-state index contributed by atoms with van der Waals surface area (Å²) in [5.74, 6) is -1.42. The first-order valence-corrected chi connectivity index (χ1v) is 5.46. The summed E-state index contributed by atoms with van der Waals surface area (Å²) in [4.78, 5) is 14.8. The molecule has 0 atom stereocenters. The molecular weight excluding hydrogens is 273 g/mol. The second kappa shape index (κ2) is 4.84. The van der Waals surface area contributed by atoms with E-state index in [2.05, 4.69) is 4.98 Å². The van der Waals surface area contributed by atoms with Crippen LogP contribution in [0.25, 0.3) is 11.1 Å². The molecule has 3 N–H and O–H groups in total. The summed E-state index contributed by atoms with van der Waals surface area (Å²) < 4.78 is 38.0. The summed E-state index contributed by atoms with van der Waals surface area (Å²) >= 11 is 0. The summed E-state index contributed by atoms with van der Waals surface area (Å²) in [7, 11) is 0. The van der Waals surface area contributed by atoms with Gasteiger partial charge >= 0.3 is 12.1 Å². The lowest BCUT2D eigenvalue weighted by atomic mass is 9.99. The van der Waals surface area contributed by atoms with E-state index in [0.717, 1.165) is 12.1 Å². The number of nitrogens with zero attached hydrogens (tertiary/aromatic N) is 1. The van der Waals surface area contributed by atoms with Crippen molar-refractivity contribution in [2.24, 2.45) is 0 Å². The summed E-state index contributed by atoms with van der Waals surface area (Å²) in [5.41, 5.74) is 4.55. The zero-order chi connectivity index (χ0) is 14.9. The average molecular weight is 282 g/mol. The Balaban J connectivity index is 2.66. The zero-order valence-corrected chi connectivity index (χ0v) is 9.98. The maximum atomic E-state index is 12.7. The van der Waals surface area contributed by atoms with E-state index in [1.54, 1.807) is 0 Å². The molecule has 4 nitrogen and oxygen atoms in total. The van der Waals surface area contributed by atoms with Crippen LogP contribution in [0.5, 0.6) is 0 Å². The molecule has 7 heteroatoms. The quantitative estimate of drug-likeness (QED) is 0.887. The van der Waals surface area contributed by atoms with Crippen LogP contribution in [0, 0.1) is 0 Å². The first-order valence-electron chi connectivity index (χ1n) is 5.46. The topological polar surface area (TPSA) is 76.2 Å². The molecule has 0 aliphatic rings. The number of pyridine rings is 1. The van der Waals surface area contributed by atoms with E-state index in [0.29, 0.717) is 0 Å². The van der Waals surface area contributed by atoms with Crippen molar-refractivity contribution in [3.63, 3.8) is 0 Å². The number of nitrogen functional groups attached to an aromatic ring is 1. The minimum Gasteiger partial charge on any atom is -0.478 e. The molecule has 20 heavy (non-hydrogen) atoms. The van der Waals surface area contributed by atoms with Crippen LogP contribution in [-0.2, 0) is 6.18 Å². The molecular formula is C13H9F3N2O2. The molecule has 1 aromatic heterocycles. The highest BCUT2D eigenvalue weighted by molar-refractivity contribution is 5.98. The van der Waals surface area contributed by atoms with Gasteiger partial charge in [0.05, 0.1) is 11.1 Å². The lowest BCUT2D eigenvalue weighted by Crippen LogP contribution is -2.07. The maximum Gasteiger partial charge on any atom is 0.416 e. The van der Waals surface area contributed by atoms with Gasteiger partial charge in [0, 0.05) is 11.8 Å². The van der Waals surface area contributed by atoms with Crippen molar-refractivity contribution in [2.45, 2.75) is 6.18 Å². The van der Waals surface area contributed by atoms with E-state index in [4.69, 9.17) is 10.8 Å². The van der Waals surface area contributed by atoms with Crippen LogP contribution in [0.3, 0.4) is 0 Å². The lowest BCUT2D eigenvalue weighted by molar-refractivity contribution is -0.137. The van der Waals surface area contributed by atoms with E-state index in [-0.39, 0.29) is 22.5 Å². The Morgan fingerprint density at radius 3 is 2.55 bits per heavy atom.